The largest absolute Gasteiger partial charge is 0.478 e. The summed E-state index contributed by atoms with van der Waals surface area (Å²) in [6.45, 7) is 2.67. The lowest BCUT2D eigenvalue weighted by Gasteiger charge is -2.13. The lowest BCUT2D eigenvalue weighted by atomic mass is 10.1. The second-order valence-electron chi connectivity index (χ2n) is 3.66. The lowest BCUT2D eigenvalue weighted by molar-refractivity contribution is -0.145. The number of epoxide rings is 1. The van der Waals surface area contributed by atoms with Gasteiger partial charge in [-0.05, 0) is 12.8 Å². The predicted octanol–water partition coefficient (Wildman–Crippen LogP) is 1.13. The van der Waals surface area contributed by atoms with E-state index < -0.39 is 11.9 Å². The molecule has 1 rings (SSSR count). The summed E-state index contributed by atoms with van der Waals surface area (Å²) in [6.07, 6.45) is 4.18. The molecule has 0 bridgehead atoms. The number of carboxylic acid groups (broad SMARTS) is 1. The molecule has 5 heteroatoms. The Balaban J connectivity index is 2.35. The van der Waals surface area contributed by atoms with Gasteiger partial charge in [-0.3, -0.25) is 0 Å². The van der Waals surface area contributed by atoms with Crippen LogP contribution in [0, 0.1) is 0 Å². The molecule has 16 heavy (non-hydrogen) atoms. The van der Waals surface area contributed by atoms with E-state index >= 15 is 0 Å². The first kappa shape index (κ1) is 12.7. The molecule has 0 saturated carbocycles. The molecule has 1 aliphatic rings. The molecule has 0 aromatic carbocycles. The minimum absolute atomic E-state index is 0.00581. The molecule has 0 aliphatic carbocycles. The predicted molar refractivity (Wildman–Crippen MR) is 55.9 cm³/mol. The van der Waals surface area contributed by atoms with Gasteiger partial charge in [0.1, 0.15) is 12.2 Å². The van der Waals surface area contributed by atoms with Crippen LogP contribution in [0.2, 0.25) is 0 Å². The first-order valence-corrected chi connectivity index (χ1v) is 5.36. The Morgan fingerprint density at radius 3 is 2.75 bits per heavy atom. The van der Waals surface area contributed by atoms with Gasteiger partial charge in [-0.2, -0.15) is 0 Å². The molecule has 5 nitrogen and oxygen atoms in total. The van der Waals surface area contributed by atoms with Crippen LogP contribution in [0.3, 0.4) is 0 Å². The molecule has 1 aliphatic heterocycles. The molecule has 0 aromatic rings. The Morgan fingerprint density at radius 2 is 2.25 bits per heavy atom. The van der Waals surface area contributed by atoms with Crippen molar-refractivity contribution < 1.29 is 24.2 Å². The van der Waals surface area contributed by atoms with Crippen molar-refractivity contribution in [2.24, 2.45) is 0 Å². The van der Waals surface area contributed by atoms with E-state index in [-0.39, 0.29) is 12.2 Å². The monoisotopic (exact) mass is 228 g/mol. The van der Waals surface area contributed by atoms with Crippen LogP contribution < -0.4 is 0 Å². The Labute approximate surface area is 94.0 Å². The summed E-state index contributed by atoms with van der Waals surface area (Å²) in [4.78, 5) is 21.4. The van der Waals surface area contributed by atoms with Gasteiger partial charge in [0, 0.05) is 12.2 Å². The van der Waals surface area contributed by atoms with E-state index in [4.69, 9.17) is 14.6 Å². The van der Waals surface area contributed by atoms with Crippen molar-refractivity contribution in [1.29, 1.82) is 0 Å². The zero-order valence-electron chi connectivity index (χ0n) is 9.22. The number of hydrogen-bond acceptors (Lipinski definition) is 4. The van der Waals surface area contributed by atoms with Crippen LogP contribution in [0.15, 0.2) is 12.2 Å². The van der Waals surface area contributed by atoms with Crippen molar-refractivity contribution in [2.45, 2.75) is 38.4 Å². The highest BCUT2D eigenvalue weighted by molar-refractivity contribution is 5.90. The lowest BCUT2D eigenvalue weighted by Crippen LogP contribution is -2.23. The Kier molecular flexibility index (Phi) is 4.98. The Bertz CT molecular complexity index is 280. The van der Waals surface area contributed by atoms with Crippen molar-refractivity contribution in [3.05, 3.63) is 12.2 Å². The van der Waals surface area contributed by atoms with Gasteiger partial charge in [0.25, 0.3) is 0 Å². The number of aliphatic carboxylic acids is 1. The van der Waals surface area contributed by atoms with Crippen LogP contribution in [0.4, 0.5) is 0 Å². The molecule has 90 valence electrons. The fourth-order valence-corrected chi connectivity index (χ4v) is 1.32. The fraction of sp³-hybridized carbons (Fsp3) is 0.636. The topological polar surface area (TPSA) is 76.1 Å². The number of carboxylic acids is 1. The van der Waals surface area contributed by atoms with E-state index in [0.29, 0.717) is 6.61 Å². The molecule has 1 fully saturated rings. The van der Waals surface area contributed by atoms with Gasteiger partial charge < -0.3 is 14.6 Å². The Hall–Kier alpha value is -1.36. The minimum atomic E-state index is -1.16. The molecule has 0 radical (unpaired) electrons. The van der Waals surface area contributed by atoms with E-state index in [2.05, 4.69) is 6.92 Å². The minimum Gasteiger partial charge on any atom is -0.478 e. The van der Waals surface area contributed by atoms with Crippen molar-refractivity contribution in [1.82, 2.24) is 0 Å². The first-order valence-electron chi connectivity index (χ1n) is 5.36. The van der Waals surface area contributed by atoms with Crippen molar-refractivity contribution >= 4 is 11.9 Å². The van der Waals surface area contributed by atoms with E-state index in [9.17, 15) is 9.59 Å². The van der Waals surface area contributed by atoms with Gasteiger partial charge in [0.15, 0.2) is 0 Å². The van der Waals surface area contributed by atoms with Crippen LogP contribution >= 0.6 is 0 Å². The number of unbranched alkanes of at least 4 members (excludes halogenated alkanes) is 1. The molecule has 2 atom stereocenters. The molecule has 0 amide bonds. The molecule has 1 N–H and O–H groups in total. The quantitative estimate of drug-likeness (QED) is 0.401. The van der Waals surface area contributed by atoms with Gasteiger partial charge in [0.2, 0.25) is 0 Å². The third-order valence-corrected chi connectivity index (χ3v) is 2.25. The highest BCUT2D eigenvalue weighted by atomic mass is 16.6. The number of carbonyl (C=O) groups is 2. The summed E-state index contributed by atoms with van der Waals surface area (Å²) in [5.74, 6) is -1.79. The smallest absolute Gasteiger partial charge is 0.331 e. The number of esters is 1. The second-order valence-corrected chi connectivity index (χ2v) is 3.66. The van der Waals surface area contributed by atoms with Crippen molar-refractivity contribution in [3.8, 4) is 0 Å². The molecular weight excluding hydrogens is 212 g/mol. The van der Waals surface area contributed by atoms with Gasteiger partial charge >= 0.3 is 11.9 Å². The van der Waals surface area contributed by atoms with E-state index in [1.165, 1.54) is 0 Å². The summed E-state index contributed by atoms with van der Waals surface area (Å²) in [6, 6.07) is 0. The summed E-state index contributed by atoms with van der Waals surface area (Å²) >= 11 is 0. The van der Waals surface area contributed by atoms with Crippen molar-refractivity contribution in [3.63, 3.8) is 0 Å². The van der Waals surface area contributed by atoms with Gasteiger partial charge in [-0.25, -0.2) is 9.59 Å². The average Bonchev–Trinajstić information content (AvgIpc) is 3.05. The summed E-state index contributed by atoms with van der Waals surface area (Å²) in [5, 5.41) is 8.34. The zero-order chi connectivity index (χ0) is 12.0. The molecule has 2 unspecified atom stereocenters. The molecule has 1 heterocycles. The number of hydrogen-bond donors (Lipinski definition) is 1. The van der Waals surface area contributed by atoms with E-state index in [0.717, 1.165) is 31.4 Å². The number of ether oxygens (including phenoxy) is 2. The van der Waals surface area contributed by atoms with Crippen LogP contribution in [-0.2, 0) is 19.1 Å². The van der Waals surface area contributed by atoms with Crippen LogP contribution in [0.1, 0.15) is 26.2 Å². The summed E-state index contributed by atoms with van der Waals surface area (Å²) < 4.78 is 10.2. The van der Waals surface area contributed by atoms with Gasteiger partial charge in [-0.1, -0.05) is 13.3 Å². The van der Waals surface area contributed by atoms with Crippen molar-refractivity contribution in [2.75, 3.05) is 6.61 Å². The van der Waals surface area contributed by atoms with Gasteiger partial charge in [0.05, 0.1) is 6.61 Å². The van der Waals surface area contributed by atoms with Crippen LogP contribution in [0.5, 0.6) is 0 Å². The SMILES string of the molecule is CCCCC(OC(=O)C=CC(=O)O)C1CO1. The summed E-state index contributed by atoms with van der Waals surface area (Å²) in [7, 11) is 0. The number of rotatable bonds is 7. The Morgan fingerprint density at radius 1 is 1.56 bits per heavy atom. The standard InChI is InChI=1S/C11H16O5/c1-2-3-4-8(9-7-15-9)16-11(14)6-5-10(12)13/h5-6,8-9H,2-4,7H2,1H3,(H,12,13). The third-order valence-electron chi connectivity index (χ3n) is 2.25. The fourth-order valence-electron chi connectivity index (χ4n) is 1.32. The highest BCUT2D eigenvalue weighted by Gasteiger charge is 2.34. The zero-order valence-corrected chi connectivity index (χ0v) is 9.22. The molecule has 1 saturated heterocycles. The maximum Gasteiger partial charge on any atom is 0.331 e. The van der Waals surface area contributed by atoms with Gasteiger partial charge in [-0.15, -0.1) is 0 Å². The van der Waals surface area contributed by atoms with Crippen LogP contribution in [0.25, 0.3) is 0 Å². The molecular formula is C11H16O5. The maximum absolute atomic E-state index is 11.2. The average molecular weight is 228 g/mol. The molecule has 0 aromatic heterocycles. The number of carbonyl (C=O) groups excluding carboxylic acids is 1. The third kappa shape index (κ3) is 4.93. The second kappa shape index (κ2) is 6.27. The summed E-state index contributed by atoms with van der Waals surface area (Å²) in [5.41, 5.74) is 0. The maximum atomic E-state index is 11.2. The van der Waals surface area contributed by atoms with E-state index in [1.807, 2.05) is 0 Å². The van der Waals surface area contributed by atoms with Crippen LogP contribution in [-0.4, -0.2) is 35.9 Å². The molecule has 0 spiro atoms. The normalized spacial score (nSPS) is 20.7. The highest BCUT2D eigenvalue weighted by Crippen LogP contribution is 2.21. The first-order chi connectivity index (χ1) is 7.63. The van der Waals surface area contributed by atoms with E-state index in [1.54, 1.807) is 0 Å².